The molecule has 26 heteroatoms. The van der Waals surface area contributed by atoms with Crippen molar-refractivity contribution in [3.63, 3.8) is 0 Å². The molecule has 68 heavy (non-hydrogen) atoms. The summed E-state index contributed by atoms with van der Waals surface area (Å²) in [4.78, 5) is 144. The van der Waals surface area contributed by atoms with Crippen molar-refractivity contribution in [3.8, 4) is 0 Å². The number of hydrogen-bond acceptors (Lipinski definition) is 13. The summed E-state index contributed by atoms with van der Waals surface area (Å²) in [5, 5.41) is 47.1. The molecule has 8 atom stereocenters. The minimum absolute atomic E-state index is 0.00776. The zero-order chi connectivity index (χ0) is 51.7. The number of carbonyl (C=O) groups excluding carboxylic acids is 8. The summed E-state index contributed by atoms with van der Waals surface area (Å²) in [6.07, 6.45) is -2.17. The van der Waals surface area contributed by atoms with Crippen LogP contribution >= 0.6 is 0 Å². The van der Waals surface area contributed by atoms with E-state index in [0.29, 0.717) is 5.56 Å². The fourth-order valence-corrected chi connectivity index (χ4v) is 6.04. The topological polar surface area (TPSA) is 435 Å². The molecule has 0 aliphatic heterocycles. The molecule has 0 radical (unpaired) electrons. The number of aliphatic carboxylic acids is 3. The van der Waals surface area contributed by atoms with E-state index in [4.69, 9.17) is 17.2 Å². The van der Waals surface area contributed by atoms with Crippen molar-refractivity contribution < 1.29 is 68.1 Å². The van der Waals surface area contributed by atoms with Crippen LogP contribution in [0, 0.1) is 5.92 Å². The smallest absolute Gasteiger partial charge is 0.325 e. The summed E-state index contributed by atoms with van der Waals surface area (Å²) in [5.74, 6) is -11.6. The minimum atomic E-state index is -1.52. The Morgan fingerprint density at radius 2 is 1.03 bits per heavy atom. The Morgan fingerprint density at radius 1 is 0.559 bits per heavy atom. The predicted octanol–water partition coefficient (Wildman–Crippen LogP) is -3.96. The van der Waals surface area contributed by atoms with Gasteiger partial charge in [0.05, 0.1) is 12.6 Å². The monoisotopic (exact) mass is 962 g/mol. The Labute approximate surface area is 392 Å². The normalized spacial score (nSPS) is 14.3. The van der Waals surface area contributed by atoms with Gasteiger partial charge in [-0.1, -0.05) is 44.2 Å². The van der Waals surface area contributed by atoms with Gasteiger partial charge in [0.1, 0.15) is 42.3 Å². The zero-order valence-corrected chi connectivity index (χ0v) is 38.7. The highest BCUT2D eigenvalue weighted by molar-refractivity contribution is 5.97. The molecule has 1 rings (SSSR count). The molecule has 17 N–H and O–H groups in total. The van der Waals surface area contributed by atoms with Crippen molar-refractivity contribution in [2.75, 3.05) is 13.1 Å². The molecule has 0 fully saturated rings. The maximum atomic E-state index is 13.9. The van der Waals surface area contributed by atoms with Gasteiger partial charge in [-0.3, -0.25) is 57.7 Å². The summed E-state index contributed by atoms with van der Waals surface area (Å²) in [6.45, 7) is 6.59. The quantitative estimate of drug-likeness (QED) is 0.0192. The molecular weight excluding hydrogens is 897 g/mol. The van der Waals surface area contributed by atoms with Crippen LogP contribution < -0.4 is 59.7 Å². The number of aliphatic imine (C=N–C) groups is 1. The standard InChI is InChI=1S/C42H66N12O14/c1-21(2)18-29(39(65)54-30(19-25-10-7-6-8-11-25)40(66)53-27(13-15-32(56)57)37(63)49-24(5)41(67)68)50-31(55)20-47-36(62)26(12-9-17-46-42(44)45)52-38(64)28(14-16-33(58)59)51-35(61)23(4)48-34(60)22(3)43/h6-8,10-11,21-24,26-30H,9,12-20,43H2,1-5H3,(H,47,62)(H,48,60)(H,49,63)(H,50,55)(H,51,61)(H,52,64)(H,53,66)(H,54,65)(H,56,57)(H,58,59)(H,67,68)(H4,44,45,46)/t22-,23-,24-,26-,27-,28-,29-,30-/m0/s1. The number of amides is 8. The highest BCUT2D eigenvalue weighted by atomic mass is 16.4. The average Bonchev–Trinajstić information content (AvgIpc) is 3.25. The third-order valence-corrected chi connectivity index (χ3v) is 9.73. The van der Waals surface area contributed by atoms with Crippen molar-refractivity contribution in [3.05, 3.63) is 35.9 Å². The van der Waals surface area contributed by atoms with E-state index >= 15 is 0 Å². The molecule has 0 saturated heterocycles. The van der Waals surface area contributed by atoms with Crippen molar-refractivity contribution >= 4 is 71.1 Å². The first kappa shape index (κ1) is 58.6. The molecule has 0 spiro atoms. The zero-order valence-electron chi connectivity index (χ0n) is 38.7. The number of guanidine groups is 1. The molecule has 0 bridgehead atoms. The van der Waals surface area contributed by atoms with Crippen LogP contribution in [0.2, 0.25) is 0 Å². The van der Waals surface area contributed by atoms with Gasteiger partial charge in [-0.2, -0.15) is 0 Å². The van der Waals surface area contributed by atoms with Crippen LogP contribution in [0.4, 0.5) is 0 Å². The molecule has 8 amide bonds. The third-order valence-electron chi connectivity index (χ3n) is 9.73. The molecule has 1 aromatic rings. The van der Waals surface area contributed by atoms with Crippen LogP contribution in [0.15, 0.2) is 35.3 Å². The maximum Gasteiger partial charge on any atom is 0.325 e. The number of hydrogen-bond donors (Lipinski definition) is 14. The van der Waals surface area contributed by atoms with Gasteiger partial charge in [0.2, 0.25) is 47.3 Å². The van der Waals surface area contributed by atoms with E-state index < -0.39 is 146 Å². The van der Waals surface area contributed by atoms with E-state index in [1.165, 1.54) is 20.8 Å². The van der Waals surface area contributed by atoms with Crippen LogP contribution in [0.5, 0.6) is 0 Å². The van der Waals surface area contributed by atoms with Crippen LogP contribution in [0.3, 0.4) is 0 Å². The second-order valence-electron chi connectivity index (χ2n) is 16.3. The maximum absolute atomic E-state index is 13.9. The summed E-state index contributed by atoms with van der Waals surface area (Å²) >= 11 is 0. The first-order chi connectivity index (χ1) is 31.8. The summed E-state index contributed by atoms with van der Waals surface area (Å²) in [6, 6.07) is -2.39. The largest absolute Gasteiger partial charge is 0.481 e. The first-order valence-corrected chi connectivity index (χ1v) is 21.7. The molecule has 0 aromatic heterocycles. The average molecular weight is 963 g/mol. The number of benzene rings is 1. The van der Waals surface area contributed by atoms with Crippen molar-refractivity contribution in [2.45, 2.75) is 134 Å². The molecule has 1 aromatic carbocycles. The van der Waals surface area contributed by atoms with Gasteiger partial charge < -0.3 is 75.1 Å². The number of rotatable bonds is 31. The lowest BCUT2D eigenvalue weighted by Crippen LogP contribution is -2.59. The highest BCUT2D eigenvalue weighted by Gasteiger charge is 2.33. The lowest BCUT2D eigenvalue weighted by atomic mass is 10.0. The molecule has 0 aliphatic carbocycles. The van der Waals surface area contributed by atoms with Gasteiger partial charge in [-0.15, -0.1) is 0 Å². The number of nitrogens with zero attached hydrogens (tertiary/aromatic N) is 1. The Hall–Kier alpha value is -7.38. The van der Waals surface area contributed by atoms with E-state index in [-0.39, 0.29) is 44.1 Å². The molecule has 0 aliphatic rings. The van der Waals surface area contributed by atoms with Gasteiger partial charge in [-0.25, -0.2) is 0 Å². The van der Waals surface area contributed by atoms with Crippen molar-refractivity contribution in [1.82, 2.24) is 42.5 Å². The van der Waals surface area contributed by atoms with Crippen LogP contribution in [0.25, 0.3) is 0 Å². The number of carbonyl (C=O) groups is 11. The van der Waals surface area contributed by atoms with Gasteiger partial charge >= 0.3 is 17.9 Å². The van der Waals surface area contributed by atoms with E-state index in [0.717, 1.165) is 0 Å². The molecule has 0 unspecified atom stereocenters. The molecular formula is C42H66N12O14. The fourth-order valence-electron chi connectivity index (χ4n) is 6.04. The van der Waals surface area contributed by atoms with Gasteiger partial charge in [0, 0.05) is 25.8 Å². The number of nitrogens with two attached hydrogens (primary N) is 3. The molecule has 26 nitrogen and oxygen atoms in total. The first-order valence-electron chi connectivity index (χ1n) is 21.7. The van der Waals surface area contributed by atoms with Crippen molar-refractivity contribution in [1.29, 1.82) is 0 Å². The Balaban J connectivity index is 3.34. The van der Waals surface area contributed by atoms with Gasteiger partial charge in [0.15, 0.2) is 5.96 Å². The van der Waals surface area contributed by atoms with Crippen molar-refractivity contribution in [2.24, 2.45) is 28.1 Å². The number of nitrogens with one attached hydrogen (secondary N) is 8. The fraction of sp³-hybridized carbons (Fsp3) is 0.571. The van der Waals surface area contributed by atoms with E-state index in [9.17, 15) is 68.1 Å². The lowest BCUT2D eigenvalue weighted by molar-refractivity contribution is -0.142. The SMILES string of the molecule is CC(C)C[C@H](NC(=O)CNC(=O)[C@H](CCCN=C(N)N)NC(=O)[C@H](CCC(=O)O)NC(=O)[C@H](C)NC(=O)[C@H](C)N)C(=O)N[C@@H](Cc1ccccc1)C(=O)N[C@@H](CCC(=O)O)C(=O)N[C@@H](C)C(=O)O. The minimum Gasteiger partial charge on any atom is -0.481 e. The van der Waals surface area contributed by atoms with Crippen LogP contribution in [-0.4, -0.2) is 148 Å². The Kier molecular flexibility index (Phi) is 25.9. The van der Waals surface area contributed by atoms with Crippen LogP contribution in [-0.2, 0) is 59.2 Å². The van der Waals surface area contributed by atoms with Gasteiger partial charge in [0.25, 0.3) is 0 Å². The van der Waals surface area contributed by atoms with Crippen LogP contribution in [0.1, 0.15) is 85.1 Å². The Bertz CT molecular complexity index is 1960. The summed E-state index contributed by atoms with van der Waals surface area (Å²) in [7, 11) is 0. The molecule has 0 heterocycles. The second-order valence-corrected chi connectivity index (χ2v) is 16.3. The lowest BCUT2D eigenvalue weighted by Gasteiger charge is -2.26. The van der Waals surface area contributed by atoms with Gasteiger partial charge in [-0.05, 0) is 64.4 Å². The third kappa shape index (κ3) is 23.7. The molecule has 378 valence electrons. The summed E-state index contributed by atoms with van der Waals surface area (Å²) in [5.41, 5.74) is 16.9. The summed E-state index contributed by atoms with van der Waals surface area (Å²) < 4.78 is 0. The van der Waals surface area contributed by atoms with E-state index in [1.54, 1.807) is 44.2 Å². The van der Waals surface area contributed by atoms with E-state index in [1.807, 2.05) is 0 Å². The molecule has 0 saturated carbocycles. The van der Waals surface area contributed by atoms with E-state index in [2.05, 4.69) is 47.5 Å². The number of carboxylic acids is 3. The Morgan fingerprint density at radius 3 is 1.53 bits per heavy atom. The number of carboxylic acid groups (broad SMARTS) is 3. The predicted molar refractivity (Wildman–Crippen MR) is 242 cm³/mol. The highest BCUT2D eigenvalue weighted by Crippen LogP contribution is 2.10. The second kappa shape index (κ2) is 30.0.